The summed E-state index contributed by atoms with van der Waals surface area (Å²) in [7, 11) is 0. The fourth-order valence-corrected chi connectivity index (χ4v) is 3.25. The van der Waals surface area contributed by atoms with Crippen LogP contribution in [0.1, 0.15) is 22.4 Å². The van der Waals surface area contributed by atoms with Crippen LogP contribution in [0, 0.1) is 0 Å². The van der Waals surface area contributed by atoms with Crippen molar-refractivity contribution in [2.45, 2.75) is 25.7 Å². The summed E-state index contributed by atoms with van der Waals surface area (Å²) in [6.07, 6.45) is -0.696. The van der Waals surface area contributed by atoms with E-state index in [4.69, 9.17) is 0 Å². The van der Waals surface area contributed by atoms with Gasteiger partial charge in [0, 0.05) is 55.1 Å². The van der Waals surface area contributed by atoms with E-state index in [1.54, 1.807) is 6.20 Å². The van der Waals surface area contributed by atoms with E-state index in [0.717, 1.165) is 23.4 Å². The van der Waals surface area contributed by atoms with Gasteiger partial charge >= 0.3 is 11.9 Å². The molecular weight excluding hydrogens is 387 g/mol. The predicted octanol–water partition coefficient (Wildman–Crippen LogP) is 2.10. The van der Waals surface area contributed by atoms with Crippen LogP contribution in [0.2, 0.25) is 0 Å². The number of hydrogen-bond acceptors (Lipinski definition) is 5. The molecule has 1 aliphatic heterocycles. The summed E-state index contributed by atoms with van der Waals surface area (Å²) < 4.78 is 38.1. The summed E-state index contributed by atoms with van der Waals surface area (Å²) in [4.78, 5) is 38.5. The van der Waals surface area contributed by atoms with Crippen molar-refractivity contribution in [3.8, 4) is 11.4 Å². The Hall–Kier alpha value is -3.27. The summed E-state index contributed by atoms with van der Waals surface area (Å²) in [6.45, 7) is 1.54. The first-order valence-electron chi connectivity index (χ1n) is 8.85. The van der Waals surface area contributed by atoms with Gasteiger partial charge in [-0.15, -0.1) is 0 Å². The predicted molar refractivity (Wildman–Crippen MR) is 98.0 cm³/mol. The lowest BCUT2D eigenvalue weighted by Gasteiger charge is -2.27. The van der Waals surface area contributed by atoms with Crippen LogP contribution in [0.15, 0.2) is 46.2 Å². The Balaban J connectivity index is 1.51. The van der Waals surface area contributed by atoms with Gasteiger partial charge in [-0.25, -0.2) is 14.8 Å². The maximum Gasteiger partial charge on any atom is 0.416 e. The third kappa shape index (κ3) is 4.11. The molecule has 0 fully saturated rings. The molecule has 0 aliphatic carbocycles. The molecule has 10 heteroatoms. The molecule has 0 saturated carbocycles. The SMILES string of the molecule is O=c1[nH]cc(CN2CCc3nc(-c4ccc(C(F)(F)F)cc4)ncc3C2)c(=O)[nH]1. The summed E-state index contributed by atoms with van der Waals surface area (Å²) in [5.74, 6) is 0.378. The monoisotopic (exact) mass is 403 g/mol. The van der Waals surface area contributed by atoms with Crippen molar-refractivity contribution < 1.29 is 13.2 Å². The van der Waals surface area contributed by atoms with Gasteiger partial charge in [-0.3, -0.25) is 14.7 Å². The molecule has 29 heavy (non-hydrogen) atoms. The van der Waals surface area contributed by atoms with Crippen molar-refractivity contribution in [1.82, 2.24) is 24.8 Å². The molecule has 0 spiro atoms. The Kier molecular flexibility index (Phi) is 4.79. The summed E-state index contributed by atoms with van der Waals surface area (Å²) >= 11 is 0. The molecule has 0 saturated heterocycles. The molecule has 1 aromatic carbocycles. The zero-order chi connectivity index (χ0) is 20.6. The molecule has 0 bridgehead atoms. The van der Waals surface area contributed by atoms with Crippen molar-refractivity contribution in [2.24, 2.45) is 0 Å². The lowest BCUT2D eigenvalue weighted by Crippen LogP contribution is -2.34. The Morgan fingerprint density at radius 3 is 2.59 bits per heavy atom. The normalized spacial score (nSPS) is 14.6. The van der Waals surface area contributed by atoms with Gasteiger partial charge in [0.2, 0.25) is 0 Å². The smallest absolute Gasteiger partial charge is 0.314 e. The third-order valence-corrected chi connectivity index (χ3v) is 4.77. The van der Waals surface area contributed by atoms with Crippen LogP contribution in [0.5, 0.6) is 0 Å². The molecule has 0 unspecified atom stereocenters. The fourth-order valence-electron chi connectivity index (χ4n) is 3.25. The first kappa shape index (κ1) is 19.1. The number of nitrogens with zero attached hydrogens (tertiary/aromatic N) is 3. The molecule has 4 rings (SSSR count). The van der Waals surface area contributed by atoms with Gasteiger partial charge in [-0.1, -0.05) is 12.1 Å². The van der Waals surface area contributed by atoms with E-state index in [9.17, 15) is 22.8 Å². The third-order valence-electron chi connectivity index (χ3n) is 4.77. The van der Waals surface area contributed by atoms with Crippen LogP contribution in [-0.4, -0.2) is 31.4 Å². The molecule has 0 amide bonds. The number of nitrogens with one attached hydrogen (secondary N) is 2. The molecule has 150 valence electrons. The first-order chi connectivity index (χ1) is 13.8. The maximum atomic E-state index is 12.7. The lowest BCUT2D eigenvalue weighted by atomic mass is 10.1. The molecule has 0 radical (unpaired) electrons. The minimum absolute atomic E-state index is 0.367. The molecule has 1 aliphatic rings. The number of benzene rings is 1. The molecule has 3 aromatic rings. The zero-order valence-electron chi connectivity index (χ0n) is 15.1. The Morgan fingerprint density at radius 2 is 1.90 bits per heavy atom. The highest BCUT2D eigenvalue weighted by molar-refractivity contribution is 5.56. The number of hydrogen-bond donors (Lipinski definition) is 2. The average molecular weight is 403 g/mol. The van der Waals surface area contributed by atoms with Crippen LogP contribution in [0.25, 0.3) is 11.4 Å². The summed E-state index contributed by atoms with van der Waals surface area (Å²) in [5, 5.41) is 0. The number of fused-ring (bicyclic) bond motifs is 1. The van der Waals surface area contributed by atoms with E-state index in [2.05, 4.69) is 19.9 Å². The van der Waals surface area contributed by atoms with E-state index in [0.29, 0.717) is 43.0 Å². The topological polar surface area (TPSA) is 94.7 Å². The van der Waals surface area contributed by atoms with Gasteiger partial charge in [-0.05, 0) is 12.1 Å². The highest BCUT2D eigenvalue weighted by Gasteiger charge is 2.30. The molecule has 3 heterocycles. The van der Waals surface area contributed by atoms with Gasteiger partial charge in [-0.2, -0.15) is 13.2 Å². The number of aromatic nitrogens is 4. The number of alkyl halides is 3. The van der Waals surface area contributed by atoms with Crippen molar-refractivity contribution >= 4 is 0 Å². The van der Waals surface area contributed by atoms with Gasteiger partial charge in [0.25, 0.3) is 5.56 Å². The number of halogens is 3. The molecular formula is C19H16F3N5O2. The van der Waals surface area contributed by atoms with Gasteiger partial charge in [0.05, 0.1) is 11.3 Å². The highest BCUT2D eigenvalue weighted by Crippen LogP contribution is 2.30. The minimum Gasteiger partial charge on any atom is -0.314 e. The molecule has 7 nitrogen and oxygen atoms in total. The fraction of sp³-hybridized carbons (Fsp3) is 0.263. The van der Waals surface area contributed by atoms with Gasteiger partial charge in [0.15, 0.2) is 5.82 Å². The van der Waals surface area contributed by atoms with Crippen molar-refractivity contribution in [1.29, 1.82) is 0 Å². The standard InChI is InChI=1S/C19H16F3N5O2/c20-19(21,22)14-3-1-11(2-4-14)16-23-7-12-9-27(6-5-15(12)25-16)10-13-8-24-18(29)26-17(13)28/h1-4,7-8H,5-6,9-10H2,(H2,24,26,28,29). The van der Waals surface area contributed by atoms with Crippen LogP contribution < -0.4 is 11.2 Å². The largest absolute Gasteiger partial charge is 0.416 e. The van der Waals surface area contributed by atoms with Gasteiger partial charge in [0.1, 0.15) is 0 Å². The number of H-pyrrole nitrogens is 2. The Bertz CT molecular complexity index is 1150. The first-order valence-corrected chi connectivity index (χ1v) is 8.85. The van der Waals surface area contributed by atoms with Gasteiger partial charge < -0.3 is 4.98 Å². The van der Waals surface area contributed by atoms with Crippen molar-refractivity contribution in [3.63, 3.8) is 0 Å². The quantitative estimate of drug-likeness (QED) is 0.699. The Morgan fingerprint density at radius 1 is 1.14 bits per heavy atom. The van der Waals surface area contributed by atoms with Crippen LogP contribution in [-0.2, 0) is 25.7 Å². The van der Waals surface area contributed by atoms with Crippen LogP contribution in [0.3, 0.4) is 0 Å². The highest BCUT2D eigenvalue weighted by atomic mass is 19.4. The minimum atomic E-state index is -4.38. The second kappa shape index (κ2) is 7.28. The zero-order valence-corrected chi connectivity index (χ0v) is 15.1. The molecule has 0 atom stereocenters. The van der Waals surface area contributed by atoms with Crippen LogP contribution in [0.4, 0.5) is 13.2 Å². The average Bonchev–Trinajstić information content (AvgIpc) is 2.69. The van der Waals surface area contributed by atoms with Crippen molar-refractivity contribution in [2.75, 3.05) is 6.54 Å². The van der Waals surface area contributed by atoms with E-state index in [1.807, 2.05) is 4.90 Å². The molecule has 2 aromatic heterocycles. The van der Waals surface area contributed by atoms with E-state index < -0.39 is 23.0 Å². The second-order valence-corrected chi connectivity index (χ2v) is 6.80. The van der Waals surface area contributed by atoms with E-state index in [-0.39, 0.29) is 0 Å². The second-order valence-electron chi connectivity index (χ2n) is 6.80. The number of aromatic amines is 2. The maximum absolute atomic E-state index is 12.7. The molecule has 2 N–H and O–H groups in total. The Labute approximate surface area is 162 Å². The van der Waals surface area contributed by atoms with E-state index >= 15 is 0 Å². The van der Waals surface area contributed by atoms with Crippen LogP contribution >= 0.6 is 0 Å². The van der Waals surface area contributed by atoms with E-state index in [1.165, 1.54) is 18.3 Å². The van der Waals surface area contributed by atoms with Crippen molar-refractivity contribution in [3.05, 3.63) is 79.9 Å². The summed E-state index contributed by atoms with van der Waals surface area (Å²) in [6, 6.07) is 4.76. The number of rotatable bonds is 3. The summed E-state index contributed by atoms with van der Waals surface area (Å²) in [5.41, 5.74) is 1.01. The lowest BCUT2D eigenvalue weighted by molar-refractivity contribution is -0.137.